The minimum absolute atomic E-state index is 0.349. The van der Waals surface area contributed by atoms with Crippen LogP contribution < -0.4 is 14.2 Å². The summed E-state index contributed by atoms with van der Waals surface area (Å²) >= 11 is 11.3. The van der Waals surface area contributed by atoms with Gasteiger partial charge in [0.1, 0.15) is 11.5 Å². The fourth-order valence-electron chi connectivity index (χ4n) is 6.36. The maximum atomic E-state index is 10.7. The molecule has 6 rings (SSSR count). The zero-order chi connectivity index (χ0) is 58.9. The summed E-state index contributed by atoms with van der Waals surface area (Å²) in [6, 6.07) is 35.7. The summed E-state index contributed by atoms with van der Waals surface area (Å²) in [5, 5.41) is 36.4. The molecule has 5 aromatic carbocycles. The highest BCUT2D eigenvalue weighted by atomic mass is 35.5. The number of carbonyl (C=O) groups is 3. The summed E-state index contributed by atoms with van der Waals surface area (Å²) in [7, 11) is 0. The van der Waals surface area contributed by atoms with Crippen molar-refractivity contribution in [3.8, 4) is 58.8 Å². The summed E-state index contributed by atoms with van der Waals surface area (Å²) in [6.07, 6.45) is 3.15. The molecule has 0 aliphatic heterocycles. The largest absolute Gasteiger partial charge is 0.481 e. The van der Waals surface area contributed by atoms with Crippen LogP contribution in [0.25, 0.3) is 0 Å². The number of carboxylic acid groups (broad SMARTS) is 3. The highest BCUT2D eigenvalue weighted by molar-refractivity contribution is 8.00. The predicted molar refractivity (Wildman–Crippen MR) is 324 cm³/mol. The van der Waals surface area contributed by atoms with E-state index >= 15 is 0 Å². The van der Waals surface area contributed by atoms with Crippen LogP contribution in [0.5, 0.6) is 17.2 Å². The molecule has 414 valence electrons. The van der Waals surface area contributed by atoms with Crippen LogP contribution in [0.15, 0.2) is 124 Å². The Morgan fingerprint density at radius 3 is 1.75 bits per heavy atom. The maximum absolute atomic E-state index is 10.7. The number of hydrogen-bond acceptors (Lipinski definition) is 11. The Morgan fingerprint density at radius 1 is 0.608 bits per heavy atom. The van der Waals surface area contributed by atoms with Gasteiger partial charge in [0.25, 0.3) is 0 Å². The summed E-state index contributed by atoms with van der Waals surface area (Å²) < 4.78 is 15.8. The first-order chi connectivity index (χ1) is 37.9. The summed E-state index contributed by atoms with van der Waals surface area (Å²) in [5.74, 6) is 17.9. The van der Waals surface area contributed by atoms with Crippen LogP contribution in [-0.4, -0.2) is 75.3 Å². The number of aliphatic carboxylic acids is 3. The lowest BCUT2D eigenvalue weighted by molar-refractivity contribution is -0.140. The number of rotatable bonds is 16. The fourth-order valence-corrected chi connectivity index (χ4v) is 8.67. The van der Waals surface area contributed by atoms with E-state index in [9.17, 15) is 14.4 Å². The Kier molecular flexibility index (Phi) is 32.0. The van der Waals surface area contributed by atoms with Crippen molar-refractivity contribution < 1.29 is 43.9 Å². The Bertz CT molecular complexity index is 3210. The molecular weight excluding hydrogens is 1070 g/mol. The molecule has 0 aliphatic rings. The normalized spacial score (nSPS) is 9.70. The topological polar surface area (TPSA) is 176 Å². The number of halogens is 1. The van der Waals surface area contributed by atoms with Gasteiger partial charge in [0.15, 0.2) is 31.3 Å². The average Bonchev–Trinajstić information content (AvgIpc) is 3.44. The second-order valence-corrected chi connectivity index (χ2v) is 20.8. The van der Waals surface area contributed by atoms with Crippen molar-refractivity contribution in [3.05, 3.63) is 170 Å². The number of nitriles is 1. The number of benzene rings is 5. The van der Waals surface area contributed by atoms with Gasteiger partial charge in [-0.1, -0.05) is 122 Å². The Balaban J connectivity index is 0.000000392. The summed E-state index contributed by atoms with van der Waals surface area (Å²) in [4.78, 5) is 39.9. The SMILES string of the molecule is CC.CC.CCCSc1cccc(C#Cc2nc(C)ccc2OCC(=O)O)c1.CSc1ccc(C(C)C)c(C#Cc2cc(Cl)ccc2OCC(=O)O)c1.Cc1ccc(SC(C)C)cc1C#Cc1cc(C#N)ccc1OCC(=O)O. The smallest absolute Gasteiger partial charge is 0.341 e. The second kappa shape index (κ2) is 37.4. The Labute approximate surface area is 485 Å². The molecule has 0 saturated carbocycles. The van der Waals surface area contributed by atoms with E-state index in [1.165, 1.54) is 10.5 Å². The Morgan fingerprint density at radius 2 is 1.16 bits per heavy atom. The van der Waals surface area contributed by atoms with Crippen LogP contribution in [-0.2, 0) is 14.4 Å². The average molecular weight is 1140 g/mol. The molecule has 3 N–H and O–H groups in total. The van der Waals surface area contributed by atoms with E-state index in [2.05, 4.69) is 112 Å². The van der Waals surface area contributed by atoms with E-state index in [0.29, 0.717) is 55.8 Å². The van der Waals surface area contributed by atoms with Crippen LogP contribution in [0.1, 0.15) is 131 Å². The molecule has 0 bridgehead atoms. The molecule has 1 aromatic heterocycles. The van der Waals surface area contributed by atoms with Crippen LogP contribution >= 0.6 is 46.9 Å². The van der Waals surface area contributed by atoms with Crippen LogP contribution in [0.3, 0.4) is 0 Å². The van der Waals surface area contributed by atoms with E-state index < -0.39 is 37.7 Å². The molecule has 0 amide bonds. The molecule has 0 saturated heterocycles. The van der Waals surface area contributed by atoms with Crippen molar-refractivity contribution >= 4 is 64.8 Å². The third kappa shape index (κ3) is 25.7. The summed E-state index contributed by atoms with van der Waals surface area (Å²) in [5.41, 5.74) is 7.70. The number of nitrogens with zero attached hydrogens (tertiary/aromatic N) is 2. The molecule has 0 aliphatic carbocycles. The van der Waals surface area contributed by atoms with E-state index in [1.54, 1.807) is 83.8 Å². The van der Waals surface area contributed by atoms with Gasteiger partial charge in [-0.25, -0.2) is 19.4 Å². The highest BCUT2D eigenvalue weighted by Crippen LogP contribution is 2.28. The Hall–Kier alpha value is -7.43. The van der Waals surface area contributed by atoms with Gasteiger partial charge in [-0.15, -0.1) is 35.3 Å². The molecule has 6 aromatic rings. The van der Waals surface area contributed by atoms with Gasteiger partial charge in [-0.3, -0.25) is 0 Å². The molecule has 15 heteroatoms. The molecule has 79 heavy (non-hydrogen) atoms. The molecule has 0 atom stereocenters. The van der Waals surface area contributed by atoms with Gasteiger partial charge in [0.2, 0.25) is 0 Å². The van der Waals surface area contributed by atoms with Gasteiger partial charge < -0.3 is 29.5 Å². The van der Waals surface area contributed by atoms with E-state index in [1.807, 2.05) is 78.1 Å². The molecule has 11 nitrogen and oxygen atoms in total. The van der Waals surface area contributed by atoms with Crippen molar-refractivity contribution in [2.75, 3.05) is 31.8 Å². The number of hydrogen-bond donors (Lipinski definition) is 3. The van der Waals surface area contributed by atoms with Crippen LogP contribution in [0.2, 0.25) is 5.02 Å². The zero-order valence-electron chi connectivity index (χ0n) is 46.9. The lowest BCUT2D eigenvalue weighted by Crippen LogP contribution is -2.10. The van der Waals surface area contributed by atoms with E-state index in [-0.39, 0.29) is 0 Å². The van der Waals surface area contributed by atoms with Crippen molar-refractivity contribution in [2.45, 2.75) is 108 Å². The first kappa shape index (κ1) is 67.7. The molecule has 0 spiro atoms. The second-order valence-electron chi connectivity index (χ2n) is 16.7. The van der Waals surface area contributed by atoms with Crippen molar-refractivity contribution in [2.24, 2.45) is 0 Å². The maximum Gasteiger partial charge on any atom is 0.341 e. The fraction of sp³-hybridized carbons (Fsp3) is 0.297. The minimum atomic E-state index is -1.07. The predicted octanol–water partition coefficient (Wildman–Crippen LogP) is 15.1. The number of carboxylic acids is 3. The number of aryl methyl sites for hydroxylation is 2. The number of pyridine rings is 1. The van der Waals surface area contributed by atoms with E-state index in [0.717, 1.165) is 49.9 Å². The van der Waals surface area contributed by atoms with Gasteiger partial charge in [-0.05, 0) is 146 Å². The first-order valence-electron chi connectivity index (χ1n) is 25.5. The number of ether oxygens (including phenoxy) is 3. The van der Waals surface area contributed by atoms with E-state index in [4.69, 9.17) is 46.4 Å². The monoisotopic (exact) mass is 1140 g/mol. The van der Waals surface area contributed by atoms with Gasteiger partial charge >= 0.3 is 17.9 Å². The standard InChI is InChI=1S/C21H19NO3S.C20H19ClO3S.C19H19NO3S.2C2H6/c1-14(2)26-19-8-4-15(3)17(11-19)6-7-18-10-16(12-22)5-9-20(18)25-13-21(23)24;1-13(2)18-8-7-17(25-3)11-14(18)4-5-15-10-16(21)6-9-19(15)24-12-20(22)23;1-3-11-24-16-6-4-5-15(12-16)8-9-17-18(23-13-19(21)22)10-7-14(2)20-17;2*1-2/h4-5,8-11,14H,13H2,1-3H3,(H,23,24);6-11,13H,12H2,1-3H3,(H,22,23);4-7,10,12H,3,11,13H2,1-2H3,(H,21,22);2*1-2H3. The van der Waals surface area contributed by atoms with Gasteiger partial charge in [0, 0.05) is 47.3 Å². The van der Waals surface area contributed by atoms with Crippen molar-refractivity contribution in [1.82, 2.24) is 4.98 Å². The van der Waals surface area contributed by atoms with Gasteiger partial charge in [-0.2, -0.15) is 5.26 Å². The van der Waals surface area contributed by atoms with Crippen LogP contribution in [0.4, 0.5) is 0 Å². The lowest BCUT2D eigenvalue weighted by atomic mass is 9.97. The molecular formula is C64H69ClN2O9S3. The third-order valence-electron chi connectivity index (χ3n) is 9.86. The number of thioether (sulfide) groups is 3. The van der Waals surface area contributed by atoms with Crippen molar-refractivity contribution in [1.29, 1.82) is 5.26 Å². The molecule has 0 radical (unpaired) electrons. The molecule has 0 fully saturated rings. The quantitative estimate of drug-likeness (QED) is 0.0616. The van der Waals surface area contributed by atoms with Gasteiger partial charge in [0.05, 0.1) is 22.8 Å². The summed E-state index contributed by atoms with van der Waals surface area (Å²) in [6.45, 7) is 21.2. The molecule has 0 unspecified atom stereocenters. The third-order valence-corrected chi connectivity index (χ3v) is 13.0. The number of aromatic nitrogens is 1. The first-order valence-corrected chi connectivity index (χ1v) is 28.9. The highest BCUT2D eigenvalue weighted by Gasteiger charge is 2.11. The van der Waals surface area contributed by atoms with Crippen LogP contribution in [0, 0.1) is 60.7 Å². The van der Waals surface area contributed by atoms with Crippen molar-refractivity contribution in [3.63, 3.8) is 0 Å². The zero-order valence-corrected chi connectivity index (χ0v) is 50.1. The molecule has 1 heterocycles. The lowest BCUT2D eigenvalue weighted by Gasteiger charge is -2.10. The minimum Gasteiger partial charge on any atom is -0.481 e.